The number of carbonyl (C=O) groups is 1. The Kier molecular flexibility index (Phi) is 9.53. The van der Waals surface area contributed by atoms with E-state index in [1.807, 2.05) is 13.4 Å². The normalized spacial score (nSPS) is 20.1. The van der Waals surface area contributed by atoms with Gasteiger partial charge >= 0.3 is 23.2 Å². The number of ether oxygens (including phenoxy) is 1. The number of amides is 1. The number of nitrogens with zero attached hydrogens (tertiary/aromatic N) is 1. The molecule has 2 radical (unpaired) electrons. The minimum Gasteiger partial charge on any atom is -0.626 e. The van der Waals surface area contributed by atoms with Gasteiger partial charge in [0.05, 0.1) is 7.28 Å². The Morgan fingerprint density at radius 1 is 1.71 bits per heavy atom. The number of rotatable bonds is 1. The molecule has 1 fully saturated rings. The molecule has 0 bridgehead atoms. The molecular weight excluding hydrogens is 220 g/mol. The van der Waals surface area contributed by atoms with E-state index in [-0.39, 0.29) is 30.6 Å². The van der Waals surface area contributed by atoms with E-state index >= 15 is 0 Å². The number of hydrogen-bond donors (Lipinski definition) is 0. The molecule has 1 heterocycles. The van der Waals surface area contributed by atoms with Crippen LogP contribution in [0.2, 0.25) is 12.6 Å². The molecule has 1 saturated heterocycles. The van der Waals surface area contributed by atoms with Crippen molar-refractivity contribution >= 4 is 13.4 Å². The first-order valence-electron chi connectivity index (χ1n) is 4.15. The van der Waals surface area contributed by atoms with Crippen molar-refractivity contribution in [3.8, 4) is 0 Å². The van der Waals surface area contributed by atoms with Crippen molar-refractivity contribution < 1.29 is 26.6 Å². The van der Waals surface area contributed by atoms with E-state index < -0.39 is 0 Å². The first kappa shape index (κ1) is 16.3. The zero-order valence-electron chi connectivity index (χ0n) is 7.70. The monoisotopic (exact) mass is 237 g/mol. The molecule has 0 saturated carbocycles. The predicted molar refractivity (Wildman–Crippen MR) is 54.2 cm³/mol. The standard InChI is InChI=1S/C8H13BNO2.CH4.Mn/c1-9-7-4-3-5-10(6-7)8(11)12-2;;/h6-7H,2-5H2,1H3;1H4;/q-2;;+2. The van der Waals surface area contributed by atoms with Crippen molar-refractivity contribution in [1.82, 2.24) is 4.90 Å². The molecule has 5 heteroatoms. The molecule has 0 N–H and O–H groups in total. The van der Waals surface area contributed by atoms with Gasteiger partial charge in [0.1, 0.15) is 0 Å². The molecule has 80 valence electrons. The summed E-state index contributed by atoms with van der Waals surface area (Å²) in [6, 6.07) is 0. The van der Waals surface area contributed by atoms with Crippen LogP contribution < -0.4 is 0 Å². The van der Waals surface area contributed by atoms with E-state index in [9.17, 15) is 4.79 Å². The summed E-state index contributed by atoms with van der Waals surface area (Å²) < 4.78 is 4.37. The smallest absolute Gasteiger partial charge is 0.626 e. The predicted octanol–water partition coefficient (Wildman–Crippen LogP) is 2.35. The van der Waals surface area contributed by atoms with E-state index in [0.717, 1.165) is 19.4 Å². The van der Waals surface area contributed by atoms with Gasteiger partial charge in [0.25, 0.3) is 0 Å². The fourth-order valence-corrected chi connectivity index (χ4v) is 1.37. The second kappa shape index (κ2) is 8.19. The third-order valence-electron chi connectivity index (χ3n) is 2.09. The van der Waals surface area contributed by atoms with Crippen LogP contribution in [-0.2, 0) is 21.8 Å². The Labute approximate surface area is 98.3 Å². The first-order valence-corrected chi connectivity index (χ1v) is 4.15. The van der Waals surface area contributed by atoms with Gasteiger partial charge in [0, 0.05) is 0 Å². The van der Waals surface area contributed by atoms with Crippen molar-refractivity contribution in [3.05, 3.63) is 13.7 Å². The van der Waals surface area contributed by atoms with E-state index in [2.05, 4.69) is 19.1 Å². The third kappa shape index (κ3) is 4.38. The average molecular weight is 237 g/mol. The fraction of sp³-hybridized carbons (Fsp3) is 0.667. The Morgan fingerprint density at radius 3 is 2.86 bits per heavy atom. The molecule has 14 heavy (non-hydrogen) atoms. The molecule has 1 aliphatic rings. The summed E-state index contributed by atoms with van der Waals surface area (Å²) >= 11 is 0. The Balaban J connectivity index is 0. The number of hydrogen-bond acceptors (Lipinski definition) is 2. The molecule has 3 nitrogen and oxygen atoms in total. The van der Waals surface area contributed by atoms with Crippen LogP contribution in [0, 0.1) is 13.7 Å². The van der Waals surface area contributed by atoms with Crippen LogP contribution >= 0.6 is 0 Å². The van der Waals surface area contributed by atoms with E-state index in [1.54, 1.807) is 4.90 Å². The van der Waals surface area contributed by atoms with Crippen molar-refractivity contribution in [2.75, 3.05) is 6.54 Å². The van der Waals surface area contributed by atoms with Gasteiger partial charge in [0.2, 0.25) is 0 Å². The maximum absolute atomic E-state index is 11.0. The van der Waals surface area contributed by atoms with Crippen LogP contribution in [0.25, 0.3) is 0 Å². The zero-order valence-corrected chi connectivity index (χ0v) is 8.88. The van der Waals surface area contributed by atoms with E-state index in [4.69, 9.17) is 0 Å². The van der Waals surface area contributed by atoms with Gasteiger partial charge < -0.3 is 9.64 Å². The van der Waals surface area contributed by atoms with Crippen LogP contribution in [0.5, 0.6) is 0 Å². The molecule has 0 aliphatic carbocycles. The summed E-state index contributed by atoms with van der Waals surface area (Å²) in [5, 5.41) is 0. The van der Waals surface area contributed by atoms with Gasteiger partial charge in [-0.3, -0.25) is 0 Å². The molecule has 1 amide bonds. The van der Waals surface area contributed by atoms with Crippen LogP contribution in [0.1, 0.15) is 20.3 Å². The number of carbonyl (C=O) groups excluding carboxylic acids is 1. The van der Waals surface area contributed by atoms with Crippen LogP contribution in [0.15, 0.2) is 0 Å². The van der Waals surface area contributed by atoms with E-state index in [0.29, 0.717) is 5.82 Å². The first-order chi connectivity index (χ1) is 5.77. The largest absolute Gasteiger partial charge is 2.00 e. The molecule has 0 aromatic rings. The van der Waals surface area contributed by atoms with Crippen molar-refractivity contribution in [2.45, 2.75) is 32.9 Å². The number of piperidine rings is 1. The molecular formula is C9H17BMnNO2. The number of likely N-dealkylation sites (tertiary alicyclic amines) is 1. The Hall–Kier alpha value is -0.146. The van der Waals surface area contributed by atoms with Gasteiger partial charge in [-0.15, -0.1) is 0 Å². The zero-order chi connectivity index (χ0) is 8.97. The third-order valence-corrected chi connectivity index (χ3v) is 2.09. The second-order valence-corrected chi connectivity index (χ2v) is 2.89. The van der Waals surface area contributed by atoms with Gasteiger partial charge in [0.15, 0.2) is 0 Å². The van der Waals surface area contributed by atoms with Crippen molar-refractivity contribution in [3.63, 3.8) is 0 Å². The van der Waals surface area contributed by atoms with Crippen molar-refractivity contribution in [2.24, 2.45) is 0 Å². The van der Waals surface area contributed by atoms with Gasteiger partial charge in [-0.2, -0.15) is 12.9 Å². The summed E-state index contributed by atoms with van der Waals surface area (Å²) in [4.78, 5) is 12.6. The SMILES string of the molecule is C.[CH2-]OC(=O)N1[CH-]C([B]C)CCC1.[Mn+2]. The van der Waals surface area contributed by atoms with Crippen LogP contribution in [0.4, 0.5) is 4.79 Å². The maximum Gasteiger partial charge on any atom is 2.00 e. The molecule has 1 rings (SSSR count). The summed E-state index contributed by atoms with van der Waals surface area (Å²) in [5.41, 5.74) is 0. The summed E-state index contributed by atoms with van der Waals surface area (Å²) in [6.45, 7) is 4.65. The Bertz CT molecular complexity index is 169. The fourth-order valence-electron chi connectivity index (χ4n) is 1.37. The van der Waals surface area contributed by atoms with Crippen LogP contribution in [0.3, 0.4) is 0 Å². The summed E-state index contributed by atoms with van der Waals surface area (Å²) in [5.74, 6) is 0.401. The minimum absolute atomic E-state index is 0. The summed E-state index contributed by atoms with van der Waals surface area (Å²) in [7, 11) is 5.18. The maximum atomic E-state index is 11.0. The Morgan fingerprint density at radius 2 is 2.36 bits per heavy atom. The second-order valence-electron chi connectivity index (χ2n) is 2.89. The molecule has 1 unspecified atom stereocenters. The molecule has 1 atom stereocenters. The van der Waals surface area contributed by atoms with Crippen LogP contribution in [-0.4, -0.2) is 24.8 Å². The summed E-state index contributed by atoms with van der Waals surface area (Å²) in [6.07, 6.45) is 1.79. The quantitative estimate of drug-likeness (QED) is 0.517. The van der Waals surface area contributed by atoms with Gasteiger partial charge in [-0.25, -0.2) is 11.3 Å². The van der Waals surface area contributed by atoms with Crippen molar-refractivity contribution in [1.29, 1.82) is 0 Å². The molecule has 0 spiro atoms. The molecule has 1 aliphatic heterocycles. The van der Waals surface area contributed by atoms with E-state index in [1.165, 1.54) is 0 Å². The molecule has 0 aromatic heterocycles. The average Bonchev–Trinajstić information content (AvgIpc) is 2.17. The van der Waals surface area contributed by atoms with Gasteiger partial charge in [-0.05, 0) is 13.0 Å². The topological polar surface area (TPSA) is 29.5 Å². The van der Waals surface area contributed by atoms with Gasteiger partial charge in [-0.1, -0.05) is 20.7 Å². The molecule has 0 aromatic carbocycles. The minimum atomic E-state index is -0.360.